The van der Waals surface area contributed by atoms with Gasteiger partial charge in [0, 0.05) is 0 Å². The van der Waals surface area contributed by atoms with Crippen LogP contribution in [0.5, 0.6) is 0 Å². The number of fused-ring (bicyclic) bond motifs is 1. The first kappa shape index (κ1) is 12.2. The van der Waals surface area contributed by atoms with Crippen LogP contribution in [0.2, 0.25) is 5.02 Å². The molecule has 1 aliphatic heterocycles. The fraction of sp³-hybridized carbons (Fsp3) is 0.417. The Balaban J connectivity index is 1.98. The molecule has 0 saturated carbocycles. The molecule has 0 spiro atoms. The molecule has 2 heterocycles. The highest BCUT2D eigenvalue weighted by Gasteiger charge is 2.17. The molecule has 18 heavy (non-hydrogen) atoms. The number of hydrogen-bond donors (Lipinski definition) is 1. The van der Waals surface area contributed by atoms with Crippen LogP contribution >= 0.6 is 23.8 Å². The number of benzene rings is 1. The Bertz CT molecular complexity index is 616. The van der Waals surface area contributed by atoms with Crippen LogP contribution in [0.4, 0.5) is 0 Å². The van der Waals surface area contributed by atoms with E-state index in [1.807, 2.05) is 22.8 Å². The van der Waals surface area contributed by atoms with E-state index in [-0.39, 0.29) is 6.10 Å². The Hall–Kier alpha value is -0.880. The van der Waals surface area contributed by atoms with Gasteiger partial charge in [-0.05, 0) is 24.4 Å². The van der Waals surface area contributed by atoms with Crippen molar-refractivity contribution in [1.82, 2.24) is 9.55 Å². The third-order valence-electron chi connectivity index (χ3n) is 3.03. The van der Waals surface area contributed by atoms with Crippen molar-refractivity contribution < 1.29 is 9.47 Å². The molecule has 2 aromatic rings. The standard InChI is InChI=1S/C12H13ClN2O2S/c13-9-2-1-3-10-11(9)14-12(18)15(10)6-8-7-16-4-5-17-8/h1-3,8H,4-7H2,(H,14,18). The van der Waals surface area contributed by atoms with E-state index < -0.39 is 0 Å². The third-order valence-corrected chi connectivity index (χ3v) is 3.67. The lowest BCUT2D eigenvalue weighted by Gasteiger charge is -2.23. The molecule has 1 aliphatic rings. The molecule has 3 rings (SSSR count). The summed E-state index contributed by atoms with van der Waals surface area (Å²) in [4.78, 5) is 3.13. The first-order valence-electron chi connectivity index (χ1n) is 5.82. The Kier molecular flexibility index (Phi) is 3.39. The van der Waals surface area contributed by atoms with Crippen LogP contribution in [0.15, 0.2) is 18.2 Å². The van der Waals surface area contributed by atoms with Gasteiger partial charge in [-0.2, -0.15) is 0 Å². The average molecular weight is 285 g/mol. The number of nitrogens with one attached hydrogen (secondary N) is 1. The van der Waals surface area contributed by atoms with Gasteiger partial charge in [-0.15, -0.1) is 0 Å². The molecule has 1 aromatic carbocycles. The van der Waals surface area contributed by atoms with Crippen LogP contribution in [0.25, 0.3) is 11.0 Å². The molecule has 6 heteroatoms. The summed E-state index contributed by atoms with van der Waals surface area (Å²) in [7, 11) is 0. The van der Waals surface area contributed by atoms with Crippen molar-refractivity contribution >= 4 is 34.9 Å². The Morgan fingerprint density at radius 3 is 3.11 bits per heavy atom. The van der Waals surface area contributed by atoms with Gasteiger partial charge in [0.2, 0.25) is 0 Å². The molecule has 0 bridgehead atoms. The minimum Gasteiger partial charge on any atom is -0.376 e. The average Bonchev–Trinajstić information content (AvgIpc) is 2.70. The highest BCUT2D eigenvalue weighted by Crippen LogP contribution is 2.23. The second kappa shape index (κ2) is 5.01. The van der Waals surface area contributed by atoms with Gasteiger partial charge in [0.25, 0.3) is 0 Å². The zero-order valence-electron chi connectivity index (χ0n) is 9.69. The number of hydrogen-bond acceptors (Lipinski definition) is 3. The van der Waals surface area contributed by atoms with Crippen molar-refractivity contribution in [2.24, 2.45) is 0 Å². The van der Waals surface area contributed by atoms with Gasteiger partial charge < -0.3 is 19.0 Å². The second-order valence-electron chi connectivity index (χ2n) is 4.24. The SMILES string of the molecule is S=c1[nH]c2c(Cl)cccc2n1CC1COCCO1. The number of nitrogens with zero attached hydrogens (tertiary/aromatic N) is 1. The molecule has 1 aromatic heterocycles. The molecule has 0 radical (unpaired) electrons. The number of H-pyrrole nitrogens is 1. The minimum absolute atomic E-state index is 0.0448. The van der Waals surface area contributed by atoms with Crippen molar-refractivity contribution in [1.29, 1.82) is 0 Å². The molecule has 0 amide bonds. The highest BCUT2D eigenvalue weighted by atomic mass is 35.5. The normalized spacial score (nSPS) is 20.4. The summed E-state index contributed by atoms with van der Waals surface area (Å²) in [5.74, 6) is 0. The summed E-state index contributed by atoms with van der Waals surface area (Å²) in [5.41, 5.74) is 1.88. The topological polar surface area (TPSA) is 39.2 Å². The second-order valence-corrected chi connectivity index (χ2v) is 5.04. The van der Waals surface area contributed by atoms with Crippen LogP contribution in [0.3, 0.4) is 0 Å². The summed E-state index contributed by atoms with van der Waals surface area (Å²) >= 11 is 11.5. The molecule has 4 nitrogen and oxygen atoms in total. The van der Waals surface area contributed by atoms with Gasteiger partial charge in [0.05, 0.1) is 48.5 Å². The van der Waals surface area contributed by atoms with E-state index in [2.05, 4.69) is 4.98 Å². The van der Waals surface area contributed by atoms with Gasteiger partial charge in [0.1, 0.15) is 0 Å². The predicted octanol–water partition coefficient (Wildman–Crippen LogP) is 2.77. The fourth-order valence-corrected chi connectivity index (χ4v) is 2.66. The number of rotatable bonds is 2. The van der Waals surface area contributed by atoms with Gasteiger partial charge in [-0.1, -0.05) is 17.7 Å². The molecule has 1 unspecified atom stereocenters. The largest absolute Gasteiger partial charge is 0.376 e. The molecule has 1 N–H and O–H groups in total. The minimum atomic E-state index is 0.0448. The lowest BCUT2D eigenvalue weighted by molar-refractivity contribution is -0.0933. The van der Waals surface area contributed by atoms with Gasteiger partial charge in [-0.3, -0.25) is 0 Å². The molecular weight excluding hydrogens is 272 g/mol. The Labute approximate surface area is 114 Å². The van der Waals surface area contributed by atoms with E-state index in [0.29, 0.717) is 36.2 Å². The van der Waals surface area contributed by atoms with E-state index in [0.717, 1.165) is 11.0 Å². The van der Waals surface area contributed by atoms with E-state index in [4.69, 9.17) is 33.3 Å². The van der Waals surface area contributed by atoms with E-state index >= 15 is 0 Å². The van der Waals surface area contributed by atoms with Gasteiger partial charge in [0.15, 0.2) is 4.77 Å². The van der Waals surface area contributed by atoms with Crippen molar-refractivity contribution in [2.75, 3.05) is 19.8 Å². The summed E-state index contributed by atoms with van der Waals surface area (Å²) in [6, 6.07) is 5.76. The maximum atomic E-state index is 6.14. The number of halogens is 1. The molecule has 1 atom stereocenters. The van der Waals surface area contributed by atoms with E-state index in [1.165, 1.54) is 0 Å². The maximum absolute atomic E-state index is 6.14. The van der Waals surface area contributed by atoms with Crippen molar-refractivity contribution in [3.05, 3.63) is 28.0 Å². The molecule has 0 aliphatic carbocycles. The maximum Gasteiger partial charge on any atom is 0.178 e. The summed E-state index contributed by atoms with van der Waals surface area (Å²) in [6.45, 7) is 2.59. The summed E-state index contributed by atoms with van der Waals surface area (Å²) in [6.07, 6.45) is 0.0448. The number of aromatic amines is 1. The first-order valence-corrected chi connectivity index (χ1v) is 6.61. The third kappa shape index (κ3) is 2.19. The molecule has 1 saturated heterocycles. The van der Waals surface area contributed by atoms with E-state index in [1.54, 1.807) is 0 Å². The zero-order valence-corrected chi connectivity index (χ0v) is 11.3. The first-order chi connectivity index (χ1) is 8.75. The van der Waals surface area contributed by atoms with Crippen LogP contribution in [0.1, 0.15) is 0 Å². The summed E-state index contributed by atoms with van der Waals surface area (Å²) < 4.78 is 13.7. The number of para-hydroxylation sites is 1. The van der Waals surface area contributed by atoms with Crippen molar-refractivity contribution in [2.45, 2.75) is 12.6 Å². The van der Waals surface area contributed by atoms with E-state index in [9.17, 15) is 0 Å². The van der Waals surface area contributed by atoms with Crippen LogP contribution < -0.4 is 0 Å². The molecule has 96 valence electrons. The molecule has 1 fully saturated rings. The van der Waals surface area contributed by atoms with Gasteiger partial charge >= 0.3 is 0 Å². The van der Waals surface area contributed by atoms with Crippen LogP contribution in [-0.2, 0) is 16.0 Å². The Morgan fingerprint density at radius 2 is 2.33 bits per heavy atom. The quantitative estimate of drug-likeness (QED) is 0.862. The van der Waals surface area contributed by atoms with Crippen molar-refractivity contribution in [3.63, 3.8) is 0 Å². The fourth-order valence-electron chi connectivity index (χ4n) is 2.17. The monoisotopic (exact) mass is 284 g/mol. The summed E-state index contributed by atoms with van der Waals surface area (Å²) in [5, 5.41) is 0.679. The Morgan fingerprint density at radius 1 is 1.44 bits per heavy atom. The predicted molar refractivity (Wildman–Crippen MR) is 72.7 cm³/mol. The number of imidazole rings is 1. The van der Waals surface area contributed by atoms with Crippen molar-refractivity contribution in [3.8, 4) is 0 Å². The number of ether oxygens (including phenoxy) is 2. The molecular formula is C12H13ClN2O2S. The smallest absolute Gasteiger partial charge is 0.178 e. The van der Waals surface area contributed by atoms with Gasteiger partial charge in [-0.25, -0.2) is 0 Å². The number of aromatic nitrogens is 2. The van der Waals surface area contributed by atoms with Crippen LogP contribution in [-0.4, -0.2) is 35.5 Å². The zero-order chi connectivity index (χ0) is 12.5. The highest BCUT2D eigenvalue weighted by molar-refractivity contribution is 7.71. The lowest BCUT2D eigenvalue weighted by atomic mass is 10.3. The van der Waals surface area contributed by atoms with Crippen LogP contribution in [0, 0.1) is 4.77 Å². The lowest BCUT2D eigenvalue weighted by Crippen LogP contribution is -2.32.